The van der Waals surface area contributed by atoms with Crippen molar-refractivity contribution in [3.63, 3.8) is 0 Å². The summed E-state index contributed by atoms with van der Waals surface area (Å²) in [7, 11) is 3.33. The zero-order chi connectivity index (χ0) is 20.6. The van der Waals surface area contributed by atoms with Gasteiger partial charge in [0.15, 0.2) is 11.5 Å². The molecule has 1 aliphatic heterocycles. The number of carbonyl (C=O) groups is 1. The van der Waals surface area contributed by atoms with Crippen molar-refractivity contribution in [2.45, 2.75) is 25.6 Å². The van der Waals surface area contributed by atoms with E-state index < -0.39 is 0 Å². The molecule has 3 rings (SSSR count). The molecular weight excluding hydrogens is 384 g/mol. The third kappa shape index (κ3) is 5.67. The molecule has 0 aromatic heterocycles. The number of carbonyl (C=O) groups excluding carboxylic acids is 1. The first-order chi connectivity index (χ1) is 14.1. The van der Waals surface area contributed by atoms with E-state index in [0.717, 1.165) is 54.6 Å². The molecule has 29 heavy (non-hydrogen) atoms. The van der Waals surface area contributed by atoms with Gasteiger partial charge in [0.05, 0.1) is 14.2 Å². The van der Waals surface area contributed by atoms with Gasteiger partial charge in [-0.1, -0.05) is 19.1 Å². The van der Waals surface area contributed by atoms with Gasteiger partial charge in [0.2, 0.25) is 0 Å². The minimum atomic E-state index is -0.0106. The number of nitrogens with zero attached hydrogens (tertiary/aromatic N) is 1. The second-order valence-electron chi connectivity index (χ2n) is 7.09. The molecule has 0 saturated heterocycles. The summed E-state index contributed by atoms with van der Waals surface area (Å²) in [6, 6.07) is 12.1. The normalized spacial score (nSPS) is 13.6. The van der Waals surface area contributed by atoms with Crippen LogP contribution in [0.5, 0.6) is 11.5 Å². The van der Waals surface area contributed by atoms with Crippen molar-refractivity contribution in [1.82, 2.24) is 10.2 Å². The van der Waals surface area contributed by atoms with E-state index in [2.05, 4.69) is 29.3 Å². The maximum Gasteiger partial charge on any atom is 0.251 e. The minimum Gasteiger partial charge on any atom is -0.493 e. The first-order valence-electron chi connectivity index (χ1n) is 10.1. The van der Waals surface area contributed by atoms with Crippen molar-refractivity contribution in [2.24, 2.45) is 0 Å². The minimum absolute atomic E-state index is 0.0106. The van der Waals surface area contributed by atoms with E-state index >= 15 is 0 Å². The van der Waals surface area contributed by atoms with Crippen molar-refractivity contribution in [3.8, 4) is 11.5 Å². The number of ether oxygens (including phenoxy) is 2. The molecule has 1 N–H and O–H groups in total. The molecular formula is C23H30N2O3S. The van der Waals surface area contributed by atoms with E-state index in [1.54, 1.807) is 14.2 Å². The molecule has 0 radical (unpaired) electrons. The van der Waals surface area contributed by atoms with Gasteiger partial charge in [0.25, 0.3) is 5.91 Å². The first kappa shape index (κ1) is 21.5. The average Bonchev–Trinajstić information content (AvgIpc) is 2.76. The Hall–Kier alpha value is -2.18. The maximum absolute atomic E-state index is 12.4. The second kappa shape index (κ2) is 10.6. The lowest BCUT2D eigenvalue weighted by Gasteiger charge is -2.29. The molecule has 2 aromatic carbocycles. The number of hydrogen-bond donors (Lipinski definition) is 1. The number of nitrogens with one attached hydrogen (secondary N) is 1. The van der Waals surface area contributed by atoms with Crippen LogP contribution < -0.4 is 14.8 Å². The molecule has 1 amide bonds. The Bertz CT molecular complexity index is 824. The molecule has 156 valence electrons. The number of rotatable bonds is 9. The Balaban J connectivity index is 1.49. The largest absolute Gasteiger partial charge is 0.493 e. The van der Waals surface area contributed by atoms with Crippen LogP contribution in [0.1, 0.15) is 34.0 Å². The van der Waals surface area contributed by atoms with Crippen LogP contribution in [0.25, 0.3) is 0 Å². The number of hydrogen-bond acceptors (Lipinski definition) is 5. The van der Waals surface area contributed by atoms with Gasteiger partial charge in [-0.05, 0) is 53.1 Å². The third-order valence-electron chi connectivity index (χ3n) is 5.20. The SMILES string of the molecule is CCSCc1ccc(C(=O)NCCN2CCc3cc(OC)c(OC)cc3C2)cc1. The van der Waals surface area contributed by atoms with Gasteiger partial charge >= 0.3 is 0 Å². The molecule has 1 aliphatic rings. The van der Waals surface area contributed by atoms with Crippen molar-refractivity contribution in [3.05, 3.63) is 58.7 Å². The number of methoxy groups -OCH3 is 2. The highest BCUT2D eigenvalue weighted by atomic mass is 32.2. The lowest BCUT2D eigenvalue weighted by atomic mass is 9.99. The highest BCUT2D eigenvalue weighted by Crippen LogP contribution is 2.33. The summed E-state index contributed by atoms with van der Waals surface area (Å²) in [4.78, 5) is 14.8. The van der Waals surface area contributed by atoms with Gasteiger partial charge in [0, 0.05) is 37.5 Å². The monoisotopic (exact) mass is 414 g/mol. The molecule has 2 aromatic rings. The lowest BCUT2D eigenvalue weighted by molar-refractivity contribution is 0.0947. The summed E-state index contributed by atoms with van der Waals surface area (Å²) < 4.78 is 10.8. The fourth-order valence-electron chi connectivity index (χ4n) is 3.53. The maximum atomic E-state index is 12.4. The van der Waals surface area contributed by atoms with Gasteiger partial charge < -0.3 is 14.8 Å². The fourth-order valence-corrected chi connectivity index (χ4v) is 4.17. The quantitative estimate of drug-likeness (QED) is 0.677. The van der Waals surface area contributed by atoms with Crippen LogP contribution in [0.3, 0.4) is 0 Å². The van der Waals surface area contributed by atoms with Crippen molar-refractivity contribution in [1.29, 1.82) is 0 Å². The Labute approximate surface area is 177 Å². The van der Waals surface area contributed by atoms with Crippen LogP contribution in [-0.2, 0) is 18.7 Å². The van der Waals surface area contributed by atoms with E-state index in [9.17, 15) is 4.79 Å². The molecule has 1 heterocycles. The zero-order valence-corrected chi connectivity index (χ0v) is 18.3. The highest BCUT2D eigenvalue weighted by molar-refractivity contribution is 7.98. The fraction of sp³-hybridized carbons (Fsp3) is 0.435. The van der Waals surface area contributed by atoms with Crippen LogP contribution in [0.4, 0.5) is 0 Å². The van der Waals surface area contributed by atoms with Gasteiger partial charge in [0.1, 0.15) is 0 Å². The number of amides is 1. The molecule has 0 fully saturated rings. The molecule has 0 unspecified atom stereocenters. The van der Waals surface area contributed by atoms with Gasteiger partial charge in [-0.25, -0.2) is 0 Å². The number of thioether (sulfide) groups is 1. The van der Waals surface area contributed by atoms with Crippen LogP contribution in [0.2, 0.25) is 0 Å². The van der Waals surface area contributed by atoms with Crippen molar-refractivity contribution < 1.29 is 14.3 Å². The van der Waals surface area contributed by atoms with E-state index in [4.69, 9.17) is 9.47 Å². The van der Waals surface area contributed by atoms with Crippen molar-refractivity contribution >= 4 is 17.7 Å². The van der Waals surface area contributed by atoms with Crippen LogP contribution in [0.15, 0.2) is 36.4 Å². The smallest absolute Gasteiger partial charge is 0.251 e. The molecule has 0 bridgehead atoms. The topological polar surface area (TPSA) is 50.8 Å². The van der Waals surface area contributed by atoms with E-state index in [1.807, 2.05) is 36.0 Å². The molecule has 6 heteroatoms. The average molecular weight is 415 g/mol. The summed E-state index contributed by atoms with van der Waals surface area (Å²) in [6.07, 6.45) is 0.973. The molecule has 0 aliphatic carbocycles. The van der Waals surface area contributed by atoms with Gasteiger partial charge in [-0.3, -0.25) is 9.69 Å². The lowest BCUT2D eigenvalue weighted by Crippen LogP contribution is -2.37. The second-order valence-corrected chi connectivity index (χ2v) is 8.37. The van der Waals surface area contributed by atoms with Crippen LogP contribution >= 0.6 is 11.8 Å². The predicted octanol–water partition coefficient (Wildman–Crippen LogP) is 3.75. The van der Waals surface area contributed by atoms with Crippen molar-refractivity contribution in [2.75, 3.05) is 39.6 Å². The molecule has 0 saturated carbocycles. The Morgan fingerprint density at radius 2 is 1.79 bits per heavy atom. The van der Waals surface area contributed by atoms with Crippen LogP contribution in [0, 0.1) is 0 Å². The predicted molar refractivity (Wildman–Crippen MR) is 119 cm³/mol. The van der Waals surface area contributed by atoms with Gasteiger partial charge in [-0.2, -0.15) is 11.8 Å². The first-order valence-corrected chi connectivity index (χ1v) is 11.2. The van der Waals surface area contributed by atoms with E-state index in [1.165, 1.54) is 16.7 Å². The van der Waals surface area contributed by atoms with E-state index in [-0.39, 0.29) is 5.91 Å². The number of fused-ring (bicyclic) bond motifs is 1. The molecule has 0 atom stereocenters. The summed E-state index contributed by atoms with van der Waals surface area (Å²) in [6.45, 7) is 5.44. The Morgan fingerprint density at radius 1 is 1.10 bits per heavy atom. The van der Waals surface area contributed by atoms with E-state index in [0.29, 0.717) is 6.54 Å². The molecule has 5 nitrogen and oxygen atoms in total. The summed E-state index contributed by atoms with van der Waals surface area (Å²) in [5, 5.41) is 3.04. The Morgan fingerprint density at radius 3 is 2.45 bits per heavy atom. The summed E-state index contributed by atoms with van der Waals surface area (Å²) in [5.74, 6) is 3.63. The standard InChI is InChI=1S/C23H30N2O3S/c1-4-29-16-17-5-7-18(8-6-17)23(26)24-10-12-25-11-9-19-13-21(27-2)22(28-3)14-20(19)15-25/h5-8,13-14H,4,9-12,15-16H2,1-3H3,(H,24,26). The third-order valence-corrected chi connectivity index (χ3v) is 6.15. The zero-order valence-electron chi connectivity index (χ0n) is 17.5. The van der Waals surface area contributed by atoms with Crippen LogP contribution in [-0.4, -0.2) is 50.4 Å². The van der Waals surface area contributed by atoms with Gasteiger partial charge in [-0.15, -0.1) is 0 Å². The number of benzene rings is 2. The highest BCUT2D eigenvalue weighted by Gasteiger charge is 2.19. The Kier molecular flexibility index (Phi) is 7.83. The molecule has 0 spiro atoms. The summed E-state index contributed by atoms with van der Waals surface area (Å²) in [5.41, 5.74) is 4.55. The summed E-state index contributed by atoms with van der Waals surface area (Å²) >= 11 is 1.88.